The Morgan fingerprint density at radius 3 is 2.21 bits per heavy atom. The van der Waals surface area contributed by atoms with Crippen molar-refractivity contribution in [2.24, 2.45) is 13.0 Å². The van der Waals surface area contributed by atoms with E-state index < -0.39 is 0 Å². The summed E-state index contributed by atoms with van der Waals surface area (Å²) in [5.74, 6) is 2.98. The van der Waals surface area contributed by atoms with Crippen LogP contribution in [0.4, 0.5) is 17.8 Å². The summed E-state index contributed by atoms with van der Waals surface area (Å²) in [5, 5.41) is 13.7. The van der Waals surface area contributed by atoms with Gasteiger partial charge in [-0.2, -0.15) is 20.1 Å². The van der Waals surface area contributed by atoms with E-state index in [0.717, 1.165) is 12.2 Å². The van der Waals surface area contributed by atoms with Gasteiger partial charge in [-0.05, 0) is 23.5 Å². The van der Waals surface area contributed by atoms with Gasteiger partial charge in [-0.3, -0.25) is 4.68 Å². The molecule has 0 unspecified atom stereocenters. The fourth-order valence-corrected chi connectivity index (χ4v) is 2.88. The van der Waals surface area contributed by atoms with Crippen LogP contribution in [0.5, 0.6) is 0 Å². The average Bonchev–Trinajstić information content (AvgIpc) is 3.12. The van der Waals surface area contributed by atoms with Crippen LogP contribution in [0.15, 0.2) is 30.6 Å². The lowest BCUT2D eigenvalue weighted by molar-refractivity contribution is 0.647. The SMILES string of the molecule is CNc1nc(NCCc2ncn(C)n2)nc(NCc2ccc(CC(C)C)cc2)n1. The third-order valence-corrected chi connectivity index (χ3v) is 4.26. The van der Waals surface area contributed by atoms with E-state index in [1.807, 2.05) is 7.05 Å². The van der Waals surface area contributed by atoms with Crippen molar-refractivity contribution in [2.45, 2.75) is 33.2 Å². The molecule has 0 atom stereocenters. The summed E-state index contributed by atoms with van der Waals surface area (Å²) in [4.78, 5) is 17.4. The Bertz CT molecular complexity index is 903. The normalized spacial score (nSPS) is 10.9. The van der Waals surface area contributed by atoms with Crippen LogP contribution in [0.25, 0.3) is 0 Å². The van der Waals surface area contributed by atoms with Crippen LogP contribution in [0.2, 0.25) is 0 Å². The molecule has 0 amide bonds. The highest BCUT2D eigenvalue weighted by molar-refractivity contribution is 5.42. The van der Waals surface area contributed by atoms with Crippen LogP contribution in [0.3, 0.4) is 0 Å². The predicted octanol–water partition coefficient (Wildman–Crippen LogP) is 2.51. The monoisotopic (exact) mass is 395 g/mol. The van der Waals surface area contributed by atoms with Crippen LogP contribution < -0.4 is 16.0 Å². The van der Waals surface area contributed by atoms with Crippen LogP contribution in [0, 0.1) is 5.92 Å². The van der Waals surface area contributed by atoms with E-state index in [1.54, 1.807) is 18.1 Å². The number of nitrogens with zero attached hydrogens (tertiary/aromatic N) is 6. The Labute approximate surface area is 171 Å². The van der Waals surface area contributed by atoms with Gasteiger partial charge in [-0.1, -0.05) is 38.1 Å². The molecule has 9 nitrogen and oxygen atoms in total. The number of rotatable bonds is 10. The standard InChI is InChI=1S/C20H29N9/c1-14(2)11-15-5-7-16(8-6-15)12-23-20-26-18(21-3)25-19(27-20)22-10-9-17-24-13-29(4)28-17/h5-8,13-14H,9-12H2,1-4H3,(H3,21,22,23,25,26,27). The molecule has 1 aromatic carbocycles. The second kappa shape index (κ2) is 9.81. The van der Waals surface area contributed by atoms with Crippen molar-refractivity contribution >= 4 is 17.8 Å². The zero-order valence-corrected chi connectivity index (χ0v) is 17.5. The Kier molecular flexibility index (Phi) is 6.94. The first kappa shape index (κ1) is 20.5. The minimum Gasteiger partial charge on any atom is -0.357 e. The van der Waals surface area contributed by atoms with E-state index >= 15 is 0 Å². The molecule has 0 aliphatic heterocycles. The van der Waals surface area contributed by atoms with E-state index in [9.17, 15) is 0 Å². The number of hydrogen-bond acceptors (Lipinski definition) is 8. The van der Waals surface area contributed by atoms with Gasteiger partial charge < -0.3 is 16.0 Å². The third-order valence-electron chi connectivity index (χ3n) is 4.26. The van der Waals surface area contributed by atoms with Crippen molar-refractivity contribution in [1.29, 1.82) is 0 Å². The van der Waals surface area contributed by atoms with Crippen LogP contribution in [0.1, 0.15) is 30.8 Å². The minimum absolute atomic E-state index is 0.508. The summed E-state index contributed by atoms with van der Waals surface area (Å²) in [6.45, 7) is 5.74. The molecule has 9 heteroatoms. The fraction of sp³-hybridized carbons (Fsp3) is 0.450. The van der Waals surface area contributed by atoms with Crippen molar-refractivity contribution in [3.05, 3.63) is 47.5 Å². The molecule has 0 aliphatic carbocycles. The van der Waals surface area contributed by atoms with Crippen molar-refractivity contribution in [3.63, 3.8) is 0 Å². The first-order valence-corrected chi connectivity index (χ1v) is 9.85. The lowest BCUT2D eigenvalue weighted by atomic mass is 10.0. The number of aromatic nitrogens is 6. The molecule has 0 saturated heterocycles. The van der Waals surface area contributed by atoms with E-state index in [4.69, 9.17) is 0 Å². The highest BCUT2D eigenvalue weighted by Gasteiger charge is 2.07. The number of aryl methyl sites for hydroxylation is 1. The Morgan fingerprint density at radius 1 is 0.931 bits per heavy atom. The number of nitrogens with one attached hydrogen (secondary N) is 3. The molecule has 0 radical (unpaired) electrons. The van der Waals surface area contributed by atoms with E-state index in [1.165, 1.54) is 11.1 Å². The molecule has 0 fully saturated rings. The average molecular weight is 396 g/mol. The molecule has 0 bridgehead atoms. The highest BCUT2D eigenvalue weighted by Crippen LogP contribution is 2.13. The largest absolute Gasteiger partial charge is 0.357 e. The maximum atomic E-state index is 4.46. The molecule has 3 aromatic rings. The molecule has 0 saturated carbocycles. The molecule has 2 heterocycles. The smallest absolute Gasteiger partial charge is 0.229 e. The highest BCUT2D eigenvalue weighted by atomic mass is 15.3. The van der Waals surface area contributed by atoms with Crippen LogP contribution in [-0.4, -0.2) is 43.3 Å². The maximum absolute atomic E-state index is 4.46. The molecule has 2 aromatic heterocycles. The van der Waals surface area contributed by atoms with E-state index in [0.29, 0.717) is 43.3 Å². The molecular formula is C20H29N9. The summed E-state index contributed by atoms with van der Waals surface area (Å²) < 4.78 is 1.69. The summed E-state index contributed by atoms with van der Waals surface area (Å²) in [7, 11) is 3.64. The van der Waals surface area contributed by atoms with Gasteiger partial charge in [0, 0.05) is 33.6 Å². The van der Waals surface area contributed by atoms with Crippen molar-refractivity contribution in [3.8, 4) is 0 Å². The summed E-state index contributed by atoms with van der Waals surface area (Å²) in [6, 6.07) is 8.65. The topological polar surface area (TPSA) is 105 Å². The zero-order valence-electron chi connectivity index (χ0n) is 17.5. The predicted molar refractivity (Wildman–Crippen MR) is 115 cm³/mol. The van der Waals surface area contributed by atoms with E-state index in [-0.39, 0.29) is 0 Å². The van der Waals surface area contributed by atoms with Crippen molar-refractivity contribution in [2.75, 3.05) is 29.5 Å². The van der Waals surface area contributed by atoms with E-state index in [2.05, 4.69) is 79.1 Å². The van der Waals surface area contributed by atoms with Gasteiger partial charge in [0.15, 0.2) is 5.82 Å². The molecule has 29 heavy (non-hydrogen) atoms. The molecule has 3 N–H and O–H groups in total. The molecular weight excluding hydrogens is 366 g/mol. The molecule has 0 spiro atoms. The number of anilines is 3. The molecule has 0 aliphatic rings. The Morgan fingerprint density at radius 2 is 1.59 bits per heavy atom. The van der Waals surface area contributed by atoms with Gasteiger partial charge in [0.05, 0.1) is 0 Å². The number of benzene rings is 1. The third kappa shape index (κ3) is 6.41. The summed E-state index contributed by atoms with van der Waals surface area (Å²) in [5.41, 5.74) is 2.54. The van der Waals surface area contributed by atoms with Gasteiger partial charge in [-0.25, -0.2) is 4.98 Å². The lowest BCUT2D eigenvalue weighted by Gasteiger charge is -2.10. The van der Waals surface area contributed by atoms with Crippen LogP contribution >= 0.6 is 0 Å². The van der Waals surface area contributed by atoms with Gasteiger partial charge in [0.25, 0.3) is 0 Å². The number of hydrogen-bond donors (Lipinski definition) is 3. The molecule has 154 valence electrons. The summed E-state index contributed by atoms with van der Waals surface area (Å²) >= 11 is 0. The Balaban J connectivity index is 1.57. The van der Waals surface area contributed by atoms with Gasteiger partial charge >= 0.3 is 0 Å². The van der Waals surface area contributed by atoms with Gasteiger partial charge in [0.2, 0.25) is 17.8 Å². The first-order valence-electron chi connectivity index (χ1n) is 9.85. The van der Waals surface area contributed by atoms with Crippen LogP contribution in [-0.2, 0) is 26.4 Å². The maximum Gasteiger partial charge on any atom is 0.229 e. The Hall–Kier alpha value is -3.23. The van der Waals surface area contributed by atoms with Crippen molar-refractivity contribution < 1.29 is 0 Å². The second-order valence-corrected chi connectivity index (χ2v) is 7.34. The minimum atomic E-state index is 0.508. The summed E-state index contributed by atoms with van der Waals surface area (Å²) in [6.07, 6.45) is 3.47. The first-order chi connectivity index (χ1) is 14.0. The van der Waals surface area contributed by atoms with Gasteiger partial charge in [0.1, 0.15) is 6.33 Å². The van der Waals surface area contributed by atoms with Crippen molar-refractivity contribution in [1.82, 2.24) is 29.7 Å². The van der Waals surface area contributed by atoms with Gasteiger partial charge in [-0.15, -0.1) is 0 Å². The quantitative estimate of drug-likeness (QED) is 0.481. The lowest BCUT2D eigenvalue weighted by Crippen LogP contribution is -2.13. The molecule has 3 rings (SSSR count). The fourth-order valence-electron chi connectivity index (χ4n) is 2.88. The zero-order chi connectivity index (χ0) is 20.6. The second-order valence-electron chi connectivity index (χ2n) is 7.34.